The molecule has 0 saturated heterocycles. The summed E-state index contributed by atoms with van der Waals surface area (Å²) < 4.78 is 0. The molecule has 3 aromatic rings. The van der Waals surface area contributed by atoms with E-state index in [-0.39, 0.29) is 11.6 Å². The molecule has 1 heterocycles. The zero-order valence-electron chi connectivity index (χ0n) is 16.2. The van der Waals surface area contributed by atoms with Gasteiger partial charge in [-0.2, -0.15) is 0 Å². The molecule has 0 radical (unpaired) electrons. The highest BCUT2D eigenvalue weighted by Crippen LogP contribution is 2.24. The van der Waals surface area contributed by atoms with Crippen LogP contribution in [0.1, 0.15) is 21.7 Å². The number of halogens is 1. The van der Waals surface area contributed by atoms with Crippen molar-refractivity contribution in [2.24, 2.45) is 0 Å². The van der Waals surface area contributed by atoms with Gasteiger partial charge in [-0.05, 0) is 61.9 Å². The lowest BCUT2D eigenvalue weighted by Crippen LogP contribution is -2.16. The Morgan fingerprint density at radius 3 is 2.43 bits per heavy atom. The van der Waals surface area contributed by atoms with Gasteiger partial charge in [0.1, 0.15) is 5.69 Å². The van der Waals surface area contributed by atoms with E-state index in [0.717, 1.165) is 16.9 Å². The number of carbonyl (C=O) groups is 1. The topological polar surface area (TPSA) is 70.2 Å². The lowest BCUT2D eigenvalue weighted by atomic mass is 10.2. The third kappa shape index (κ3) is 4.58. The van der Waals surface area contributed by atoms with Gasteiger partial charge in [-0.15, -0.1) is 0 Å². The molecule has 2 N–H and O–H groups in total. The summed E-state index contributed by atoms with van der Waals surface area (Å²) >= 11 is 6.12. The summed E-state index contributed by atoms with van der Waals surface area (Å²) in [5.74, 6) is 0.0486. The van der Waals surface area contributed by atoms with Crippen molar-refractivity contribution in [3.8, 4) is 0 Å². The summed E-state index contributed by atoms with van der Waals surface area (Å²) in [4.78, 5) is 23.4. The SMILES string of the molecule is Cc1cc(C(=O)Nc2cccc(Cl)c2C)nc(Nc2ccc(N(C)C)cc2)n1. The third-order valence-corrected chi connectivity index (χ3v) is 4.65. The summed E-state index contributed by atoms with van der Waals surface area (Å²) in [6, 6.07) is 14.9. The number of benzene rings is 2. The first kappa shape index (κ1) is 19.6. The monoisotopic (exact) mass is 395 g/mol. The van der Waals surface area contributed by atoms with Crippen molar-refractivity contribution < 1.29 is 4.79 Å². The summed E-state index contributed by atoms with van der Waals surface area (Å²) in [5, 5.41) is 6.60. The van der Waals surface area contributed by atoms with Crippen LogP contribution < -0.4 is 15.5 Å². The van der Waals surface area contributed by atoms with Crippen molar-refractivity contribution in [2.75, 3.05) is 29.6 Å². The number of amides is 1. The predicted molar refractivity (Wildman–Crippen MR) is 115 cm³/mol. The Labute approximate surface area is 169 Å². The normalized spacial score (nSPS) is 10.5. The molecule has 3 rings (SSSR count). The molecule has 28 heavy (non-hydrogen) atoms. The Bertz CT molecular complexity index is 1000. The van der Waals surface area contributed by atoms with E-state index in [1.54, 1.807) is 24.3 Å². The quantitative estimate of drug-likeness (QED) is 0.648. The van der Waals surface area contributed by atoms with E-state index >= 15 is 0 Å². The minimum atomic E-state index is -0.318. The molecular weight excluding hydrogens is 374 g/mol. The first-order valence-electron chi connectivity index (χ1n) is 8.80. The Morgan fingerprint density at radius 2 is 1.75 bits per heavy atom. The Kier molecular flexibility index (Phi) is 5.80. The van der Waals surface area contributed by atoms with Gasteiger partial charge < -0.3 is 15.5 Å². The maximum absolute atomic E-state index is 12.7. The smallest absolute Gasteiger partial charge is 0.274 e. The van der Waals surface area contributed by atoms with Crippen LogP contribution in [0.4, 0.5) is 23.0 Å². The average molecular weight is 396 g/mol. The Balaban J connectivity index is 1.80. The zero-order valence-corrected chi connectivity index (χ0v) is 17.0. The summed E-state index contributed by atoms with van der Waals surface area (Å²) in [5.41, 5.74) is 4.36. The molecule has 0 unspecified atom stereocenters. The molecule has 0 aliphatic carbocycles. The van der Waals surface area contributed by atoms with Crippen LogP contribution in [0.25, 0.3) is 0 Å². The molecule has 0 fully saturated rings. The minimum Gasteiger partial charge on any atom is -0.378 e. The number of nitrogens with zero attached hydrogens (tertiary/aromatic N) is 3. The molecule has 1 aromatic heterocycles. The van der Waals surface area contributed by atoms with E-state index in [0.29, 0.717) is 22.4 Å². The molecule has 0 atom stereocenters. The first-order chi connectivity index (χ1) is 13.3. The summed E-state index contributed by atoms with van der Waals surface area (Å²) in [6.45, 7) is 3.68. The van der Waals surface area contributed by atoms with Gasteiger partial charge in [-0.1, -0.05) is 17.7 Å². The van der Waals surface area contributed by atoms with Crippen LogP contribution in [0.15, 0.2) is 48.5 Å². The molecule has 1 amide bonds. The molecule has 0 saturated carbocycles. The molecule has 0 aliphatic rings. The van der Waals surface area contributed by atoms with E-state index in [4.69, 9.17) is 11.6 Å². The van der Waals surface area contributed by atoms with Crippen LogP contribution in [0, 0.1) is 13.8 Å². The zero-order chi connectivity index (χ0) is 20.3. The van der Waals surface area contributed by atoms with Crippen LogP contribution in [0.2, 0.25) is 5.02 Å². The predicted octanol–water partition coefficient (Wildman–Crippen LogP) is 4.81. The molecule has 0 spiro atoms. The number of aromatic nitrogens is 2. The maximum atomic E-state index is 12.7. The molecular formula is C21H22ClN5O. The van der Waals surface area contributed by atoms with E-state index in [2.05, 4.69) is 20.6 Å². The number of hydrogen-bond donors (Lipinski definition) is 2. The number of hydrogen-bond acceptors (Lipinski definition) is 5. The van der Waals surface area contributed by atoms with Gasteiger partial charge in [0.15, 0.2) is 0 Å². The summed E-state index contributed by atoms with van der Waals surface area (Å²) in [6.07, 6.45) is 0. The fourth-order valence-electron chi connectivity index (χ4n) is 2.64. The van der Waals surface area contributed by atoms with Gasteiger partial charge >= 0.3 is 0 Å². The van der Waals surface area contributed by atoms with Gasteiger partial charge in [0.05, 0.1) is 0 Å². The molecule has 7 heteroatoms. The van der Waals surface area contributed by atoms with Gasteiger partial charge in [-0.3, -0.25) is 4.79 Å². The Morgan fingerprint density at radius 1 is 1.04 bits per heavy atom. The molecule has 0 aliphatic heterocycles. The van der Waals surface area contributed by atoms with Crippen molar-refractivity contribution in [2.45, 2.75) is 13.8 Å². The highest BCUT2D eigenvalue weighted by Gasteiger charge is 2.13. The number of aryl methyl sites for hydroxylation is 1. The minimum absolute atomic E-state index is 0.277. The Hall–Kier alpha value is -3.12. The van der Waals surface area contributed by atoms with Gasteiger partial charge in [-0.25, -0.2) is 9.97 Å². The third-order valence-electron chi connectivity index (χ3n) is 4.24. The van der Waals surface area contributed by atoms with Crippen LogP contribution in [-0.4, -0.2) is 30.0 Å². The lowest BCUT2D eigenvalue weighted by Gasteiger charge is -2.13. The van der Waals surface area contributed by atoms with Crippen molar-refractivity contribution in [3.63, 3.8) is 0 Å². The van der Waals surface area contributed by atoms with Crippen LogP contribution in [-0.2, 0) is 0 Å². The van der Waals surface area contributed by atoms with Crippen molar-refractivity contribution >= 4 is 40.5 Å². The first-order valence-corrected chi connectivity index (χ1v) is 9.18. The van der Waals surface area contributed by atoms with Crippen molar-refractivity contribution in [3.05, 3.63) is 70.5 Å². The molecule has 6 nitrogen and oxygen atoms in total. The number of carbonyl (C=O) groups excluding carboxylic acids is 1. The number of nitrogens with one attached hydrogen (secondary N) is 2. The maximum Gasteiger partial charge on any atom is 0.274 e. The van der Waals surface area contributed by atoms with Crippen LogP contribution in [0.3, 0.4) is 0 Å². The van der Waals surface area contributed by atoms with Crippen LogP contribution >= 0.6 is 11.6 Å². The van der Waals surface area contributed by atoms with E-state index in [9.17, 15) is 4.79 Å². The highest BCUT2D eigenvalue weighted by atomic mass is 35.5. The highest BCUT2D eigenvalue weighted by molar-refractivity contribution is 6.31. The van der Waals surface area contributed by atoms with Gasteiger partial charge in [0, 0.05) is 41.9 Å². The fourth-order valence-corrected chi connectivity index (χ4v) is 2.82. The molecule has 0 bridgehead atoms. The van der Waals surface area contributed by atoms with Gasteiger partial charge in [0.25, 0.3) is 5.91 Å². The van der Waals surface area contributed by atoms with E-state index in [1.807, 2.05) is 57.1 Å². The average Bonchev–Trinajstić information content (AvgIpc) is 2.65. The lowest BCUT2D eigenvalue weighted by molar-refractivity contribution is 0.102. The second-order valence-electron chi connectivity index (χ2n) is 6.65. The number of rotatable bonds is 5. The molecule has 2 aromatic carbocycles. The van der Waals surface area contributed by atoms with Crippen molar-refractivity contribution in [1.29, 1.82) is 0 Å². The van der Waals surface area contributed by atoms with E-state index in [1.165, 1.54) is 0 Å². The number of anilines is 4. The second kappa shape index (κ2) is 8.27. The fraction of sp³-hybridized carbons (Fsp3) is 0.190. The van der Waals surface area contributed by atoms with E-state index < -0.39 is 0 Å². The second-order valence-corrected chi connectivity index (χ2v) is 7.06. The van der Waals surface area contributed by atoms with Crippen LogP contribution in [0.5, 0.6) is 0 Å². The van der Waals surface area contributed by atoms with Gasteiger partial charge in [0.2, 0.25) is 5.95 Å². The molecule has 144 valence electrons. The largest absolute Gasteiger partial charge is 0.378 e. The standard InChI is InChI=1S/C21H22ClN5O/c1-13-12-19(20(28)25-18-7-5-6-17(22)14(18)2)26-21(23-13)24-15-8-10-16(11-9-15)27(3)4/h5-12H,1-4H3,(H,25,28)(H,23,24,26). The van der Waals surface area contributed by atoms with Crippen molar-refractivity contribution in [1.82, 2.24) is 9.97 Å². The summed E-state index contributed by atoms with van der Waals surface area (Å²) in [7, 11) is 3.97.